The molecule has 0 spiro atoms. The number of amides is 1. The molecule has 0 atom stereocenters. The van der Waals surface area contributed by atoms with Gasteiger partial charge >= 0.3 is 0 Å². The Morgan fingerprint density at radius 2 is 2.07 bits per heavy atom. The van der Waals surface area contributed by atoms with Crippen molar-refractivity contribution in [1.82, 2.24) is 10.3 Å². The fraction of sp³-hybridized carbons (Fsp3) is 0.524. The van der Waals surface area contributed by atoms with Crippen LogP contribution in [0.15, 0.2) is 18.2 Å². The molecule has 6 heteroatoms. The van der Waals surface area contributed by atoms with Crippen LogP contribution in [0.3, 0.4) is 0 Å². The second-order valence-electron chi connectivity index (χ2n) is 7.74. The van der Waals surface area contributed by atoms with Gasteiger partial charge in [0.05, 0.1) is 5.69 Å². The number of benzene rings is 1. The number of aromatic nitrogens is 1. The van der Waals surface area contributed by atoms with E-state index in [1.54, 1.807) is 30.4 Å². The summed E-state index contributed by atoms with van der Waals surface area (Å²) in [6, 6.07) is 5.52. The molecule has 2 N–H and O–H groups in total. The third kappa shape index (κ3) is 4.32. The molecule has 1 amide bonds. The smallest absolute Gasteiger partial charge is 0.216 e. The van der Waals surface area contributed by atoms with Gasteiger partial charge in [0.2, 0.25) is 5.91 Å². The van der Waals surface area contributed by atoms with E-state index in [-0.39, 0.29) is 11.7 Å². The molecule has 0 unspecified atom stereocenters. The maximum absolute atomic E-state index is 13.8. The monoisotopic (exact) mass is 387 g/mol. The zero-order chi connectivity index (χ0) is 18.8. The van der Waals surface area contributed by atoms with Crippen LogP contribution in [0.2, 0.25) is 0 Å². The first-order chi connectivity index (χ1) is 13.1. The van der Waals surface area contributed by atoms with E-state index in [2.05, 4.69) is 10.6 Å². The minimum Gasteiger partial charge on any atom is -0.359 e. The normalized spacial score (nSPS) is 21.7. The first kappa shape index (κ1) is 18.4. The summed E-state index contributed by atoms with van der Waals surface area (Å²) in [7, 11) is 0. The summed E-state index contributed by atoms with van der Waals surface area (Å²) in [6.07, 6.45) is 7.52. The fourth-order valence-electron chi connectivity index (χ4n) is 4.19. The molecule has 2 aliphatic carbocycles. The van der Waals surface area contributed by atoms with E-state index in [9.17, 15) is 9.18 Å². The summed E-state index contributed by atoms with van der Waals surface area (Å²) in [6.45, 7) is 2.36. The van der Waals surface area contributed by atoms with Crippen LogP contribution in [0.5, 0.6) is 0 Å². The third-order valence-electron chi connectivity index (χ3n) is 5.69. The first-order valence-electron chi connectivity index (χ1n) is 9.88. The van der Waals surface area contributed by atoms with E-state index in [0.29, 0.717) is 12.0 Å². The van der Waals surface area contributed by atoms with Gasteiger partial charge in [0, 0.05) is 30.0 Å². The zero-order valence-electron chi connectivity index (χ0n) is 15.7. The Morgan fingerprint density at radius 1 is 1.26 bits per heavy atom. The Kier molecular flexibility index (Phi) is 5.43. The maximum Gasteiger partial charge on any atom is 0.216 e. The minimum atomic E-state index is -0.193. The highest BCUT2D eigenvalue weighted by Crippen LogP contribution is 2.38. The SMILES string of the molecule is CC(=O)NC[C@H]1CC[C@H](Nc2nc3c(s2)CCCc2ccc(F)cc2-3)CC1. The predicted octanol–water partition coefficient (Wildman–Crippen LogP) is 4.54. The van der Waals surface area contributed by atoms with Gasteiger partial charge in [0.1, 0.15) is 5.82 Å². The van der Waals surface area contributed by atoms with Crippen LogP contribution in [0, 0.1) is 11.7 Å². The zero-order valence-corrected chi connectivity index (χ0v) is 16.5. The molecule has 1 aromatic heterocycles. The number of anilines is 1. The number of halogens is 1. The second kappa shape index (κ2) is 7.97. The minimum absolute atomic E-state index is 0.0521. The van der Waals surface area contributed by atoms with Gasteiger partial charge in [0.25, 0.3) is 0 Å². The van der Waals surface area contributed by atoms with Gasteiger partial charge in [-0.25, -0.2) is 9.37 Å². The topological polar surface area (TPSA) is 54.0 Å². The van der Waals surface area contributed by atoms with E-state index in [0.717, 1.165) is 67.9 Å². The number of thiazole rings is 1. The molecule has 1 fully saturated rings. The van der Waals surface area contributed by atoms with Gasteiger partial charge < -0.3 is 10.6 Å². The summed E-state index contributed by atoms with van der Waals surface area (Å²) < 4.78 is 13.8. The van der Waals surface area contributed by atoms with Crippen molar-refractivity contribution in [3.63, 3.8) is 0 Å². The average molecular weight is 388 g/mol. The van der Waals surface area contributed by atoms with Crippen molar-refractivity contribution in [2.75, 3.05) is 11.9 Å². The molecule has 4 nitrogen and oxygen atoms in total. The molecule has 0 aliphatic heterocycles. The van der Waals surface area contributed by atoms with E-state index in [1.807, 2.05) is 6.07 Å². The number of carbonyl (C=O) groups is 1. The summed E-state index contributed by atoms with van der Waals surface area (Å²) in [4.78, 5) is 17.2. The number of hydrogen-bond acceptors (Lipinski definition) is 4. The van der Waals surface area contributed by atoms with Gasteiger partial charge in [-0.3, -0.25) is 4.79 Å². The Balaban J connectivity index is 1.43. The van der Waals surface area contributed by atoms with Crippen molar-refractivity contribution in [2.24, 2.45) is 5.92 Å². The molecule has 1 saturated carbocycles. The first-order valence-corrected chi connectivity index (χ1v) is 10.7. The van der Waals surface area contributed by atoms with Crippen molar-refractivity contribution in [3.8, 4) is 11.3 Å². The molecular formula is C21H26FN3OS. The van der Waals surface area contributed by atoms with E-state index >= 15 is 0 Å². The molecule has 27 heavy (non-hydrogen) atoms. The van der Waals surface area contributed by atoms with Crippen LogP contribution < -0.4 is 10.6 Å². The van der Waals surface area contributed by atoms with Gasteiger partial charge in [-0.15, -0.1) is 11.3 Å². The van der Waals surface area contributed by atoms with Crippen molar-refractivity contribution < 1.29 is 9.18 Å². The Bertz CT molecular complexity index is 827. The van der Waals surface area contributed by atoms with Crippen LogP contribution in [0.25, 0.3) is 11.3 Å². The van der Waals surface area contributed by atoms with E-state index in [4.69, 9.17) is 4.98 Å². The molecule has 4 rings (SSSR count). The maximum atomic E-state index is 13.8. The molecule has 2 aliphatic rings. The van der Waals surface area contributed by atoms with E-state index in [1.165, 1.54) is 10.4 Å². The molecule has 0 radical (unpaired) electrons. The molecule has 1 aromatic carbocycles. The Hall–Kier alpha value is -1.95. The highest BCUT2D eigenvalue weighted by molar-refractivity contribution is 7.16. The number of hydrogen-bond donors (Lipinski definition) is 2. The molecule has 144 valence electrons. The second-order valence-corrected chi connectivity index (χ2v) is 8.83. The van der Waals surface area contributed by atoms with Crippen LogP contribution in [0.1, 0.15) is 49.5 Å². The van der Waals surface area contributed by atoms with Crippen molar-refractivity contribution in [1.29, 1.82) is 0 Å². The third-order valence-corrected chi connectivity index (χ3v) is 6.73. The average Bonchev–Trinajstić information content (AvgIpc) is 2.97. The van der Waals surface area contributed by atoms with Crippen LogP contribution >= 0.6 is 11.3 Å². The fourth-order valence-corrected chi connectivity index (χ4v) is 5.29. The molecule has 0 bridgehead atoms. The van der Waals surface area contributed by atoms with Crippen molar-refractivity contribution in [2.45, 2.75) is 57.9 Å². The molecule has 1 heterocycles. The van der Waals surface area contributed by atoms with Crippen molar-refractivity contribution >= 4 is 22.4 Å². The van der Waals surface area contributed by atoms with Gasteiger partial charge in [-0.05, 0) is 68.6 Å². The molecule has 0 saturated heterocycles. The van der Waals surface area contributed by atoms with Gasteiger partial charge in [-0.2, -0.15) is 0 Å². The molecule has 2 aromatic rings. The van der Waals surface area contributed by atoms with Crippen LogP contribution in [-0.4, -0.2) is 23.5 Å². The van der Waals surface area contributed by atoms with E-state index < -0.39 is 0 Å². The predicted molar refractivity (Wildman–Crippen MR) is 108 cm³/mol. The highest BCUT2D eigenvalue weighted by Gasteiger charge is 2.24. The molecular weight excluding hydrogens is 361 g/mol. The quantitative estimate of drug-likeness (QED) is 0.809. The number of nitrogens with one attached hydrogen (secondary N) is 2. The lowest BCUT2D eigenvalue weighted by Crippen LogP contribution is -2.32. The summed E-state index contributed by atoms with van der Waals surface area (Å²) in [5.41, 5.74) is 3.13. The lowest BCUT2D eigenvalue weighted by Gasteiger charge is -2.29. The Labute approximate surface area is 163 Å². The lowest BCUT2D eigenvalue weighted by molar-refractivity contribution is -0.119. The number of aryl methyl sites for hydroxylation is 2. The van der Waals surface area contributed by atoms with Gasteiger partial charge in [-0.1, -0.05) is 6.07 Å². The number of nitrogens with zero attached hydrogens (tertiary/aromatic N) is 1. The number of rotatable bonds is 4. The summed E-state index contributed by atoms with van der Waals surface area (Å²) in [5, 5.41) is 7.51. The summed E-state index contributed by atoms with van der Waals surface area (Å²) in [5.74, 6) is 0.438. The van der Waals surface area contributed by atoms with Gasteiger partial charge in [0.15, 0.2) is 5.13 Å². The standard InChI is InChI=1S/C21H26FN3OS/c1-13(26)23-12-14-5-9-17(10-6-14)24-21-25-20-18-11-16(22)8-7-15(18)3-2-4-19(20)27-21/h7-8,11,14,17H,2-6,9-10,12H2,1H3,(H,23,26)(H,24,25)/t14-,17-. The summed E-state index contributed by atoms with van der Waals surface area (Å²) >= 11 is 1.73. The lowest BCUT2D eigenvalue weighted by atomic mass is 9.86. The highest BCUT2D eigenvalue weighted by atomic mass is 32.1. The number of fused-ring (bicyclic) bond motifs is 3. The number of carbonyl (C=O) groups excluding carboxylic acids is 1. The van der Waals surface area contributed by atoms with Crippen LogP contribution in [-0.2, 0) is 17.6 Å². The van der Waals surface area contributed by atoms with Crippen LogP contribution in [0.4, 0.5) is 9.52 Å². The Morgan fingerprint density at radius 3 is 2.85 bits per heavy atom. The largest absolute Gasteiger partial charge is 0.359 e. The van der Waals surface area contributed by atoms with Crippen molar-refractivity contribution in [3.05, 3.63) is 34.5 Å².